The van der Waals surface area contributed by atoms with Crippen molar-refractivity contribution < 1.29 is 14.7 Å². The molecule has 2 aromatic rings. The van der Waals surface area contributed by atoms with Gasteiger partial charge in [-0.1, -0.05) is 13.3 Å². The van der Waals surface area contributed by atoms with E-state index in [-0.39, 0.29) is 5.82 Å². The fraction of sp³-hybridized carbons (Fsp3) is 0.462. The normalized spacial score (nSPS) is 12.3. The van der Waals surface area contributed by atoms with Gasteiger partial charge in [-0.15, -0.1) is 5.10 Å². The van der Waals surface area contributed by atoms with E-state index in [4.69, 9.17) is 5.11 Å². The van der Waals surface area contributed by atoms with Crippen LogP contribution < -0.4 is 5.32 Å². The molecule has 8 heteroatoms. The van der Waals surface area contributed by atoms with Crippen molar-refractivity contribution in [2.45, 2.75) is 39.7 Å². The maximum Gasteiger partial charge on any atom is 0.326 e. The molecule has 112 valence electrons. The van der Waals surface area contributed by atoms with E-state index in [9.17, 15) is 9.59 Å². The van der Waals surface area contributed by atoms with Crippen molar-refractivity contribution in [3.05, 3.63) is 23.3 Å². The number of aryl methyl sites for hydroxylation is 2. The van der Waals surface area contributed by atoms with Crippen molar-refractivity contribution in [1.29, 1.82) is 0 Å². The van der Waals surface area contributed by atoms with Crippen molar-refractivity contribution in [2.24, 2.45) is 0 Å². The van der Waals surface area contributed by atoms with E-state index in [1.807, 2.05) is 26.8 Å². The molecule has 0 aromatic carbocycles. The van der Waals surface area contributed by atoms with Crippen molar-refractivity contribution in [3.8, 4) is 0 Å². The fourth-order valence-corrected chi connectivity index (χ4v) is 2.03. The van der Waals surface area contributed by atoms with E-state index in [1.54, 1.807) is 0 Å². The third-order valence-electron chi connectivity index (χ3n) is 3.00. The minimum absolute atomic E-state index is 0.0847. The van der Waals surface area contributed by atoms with Gasteiger partial charge in [0.25, 0.3) is 11.7 Å². The first-order valence-electron chi connectivity index (χ1n) is 6.67. The summed E-state index contributed by atoms with van der Waals surface area (Å²) in [6.07, 6.45) is 1.00. The number of carbonyl (C=O) groups excluding carboxylic acids is 1. The number of amides is 1. The molecule has 0 saturated carbocycles. The van der Waals surface area contributed by atoms with E-state index < -0.39 is 17.9 Å². The third kappa shape index (κ3) is 3.15. The van der Waals surface area contributed by atoms with E-state index in [0.717, 1.165) is 11.4 Å². The summed E-state index contributed by atoms with van der Waals surface area (Å²) in [5, 5.41) is 15.5. The predicted molar refractivity (Wildman–Crippen MR) is 74.1 cm³/mol. The first-order chi connectivity index (χ1) is 9.92. The zero-order valence-corrected chi connectivity index (χ0v) is 12.1. The molecule has 0 fully saturated rings. The average molecular weight is 291 g/mol. The summed E-state index contributed by atoms with van der Waals surface area (Å²) in [7, 11) is 0. The van der Waals surface area contributed by atoms with Gasteiger partial charge in [0.1, 0.15) is 6.04 Å². The molecule has 0 saturated heterocycles. The Morgan fingerprint density at radius 3 is 2.71 bits per heavy atom. The van der Waals surface area contributed by atoms with Crippen LogP contribution in [0.2, 0.25) is 0 Å². The van der Waals surface area contributed by atoms with Crippen LogP contribution in [0.5, 0.6) is 0 Å². The smallest absolute Gasteiger partial charge is 0.326 e. The highest BCUT2D eigenvalue weighted by Crippen LogP contribution is 2.06. The molecular weight excluding hydrogens is 274 g/mol. The first-order valence-corrected chi connectivity index (χ1v) is 6.67. The van der Waals surface area contributed by atoms with Gasteiger partial charge in [0, 0.05) is 11.4 Å². The molecule has 0 radical (unpaired) electrons. The summed E-state index contributed by atoms with van der Waals surface area (Å²) in [5.74, 6) is -1.45. The maximum atomic E-state index is 12.1. The monoisotopic (exact) mass is 291 g/mol. The highest BCUT2D eigenvalue weighted by Gasteiger charge is 2.22. The zero-order valence-electron chi connectivity index (χ0n) is 12.1. The standard InChI is InChI=1S/C13H17N5O3/c1-4-5-9(12(20)21)15-11(19)10-16-13-14-7(2)6-8(3)18(13)17-10/h6,9H,4-5H2,1-3H3,(H,15,19)(H,20,21). The summed E-state index contributed by atoms with van der Waals surface area (Å²) in [6, 6.07) is 0.880. The molecule has 0 aliphatic rings. The molecule has 2 heterocycles. The third-order valence-corrected chi connectivity index (χ3v) is 3.00. The Morgan fingerprint density at radius 2 is 2.10 bits per heavy atom. The van der Waals surface area contributed by atoms with Crippen LogP contribution >= 0.6 is 0 Å². The number of carboxylic acid groups (broad SMARTS) is 1. The van der Waals surface area contributed by atoms with Crippen LogP contribution in [0.1, 0.15) is 41.8 Å². The minimum Gasteiger partial charge on any atom is -0.480 e. The molecule has 1 amide bonds. The van der Waals surface area contributed by atoms with Gasteiger partial charge in [-0.2, -0.15) is 4.98 Å². The van der Waals surface area contributed by atoms with Crippen molar-refractivity contribution in [1.82, 2.24) is 24.9 Å². The quantitative estimate of drug-likeness (QED) is 0.840. The second-order valence-electron chi connectivity index (χ2n) is 4.84. The number of fused-ring (bicyclic) bond motifs is 1. The molecule has 0 aliphatic heterocycles. The second kappa shape index (κ2) is 5.86. The molecule has 2 N–H and O–H groups in total. The average Bonchev–Trinajstić information content (AvgIpc) is 2.82. The van der Waals surface area contributed by atoms with E-state index in [1.165, 1.54) is 4.52 Å². The molecule has 1 atom stereocenters. The molecule has 2 rings (SSSR count). The van der Waals surface area contributed by atoms with Crippen LogP contribution in [0.3, 0.4) is 0 Å². The Balaban J connectivity index is 2.27. The van der Waals surface area contributed by atoms with Gasteiger partial charge in [0.2, 0.25) is 5.82 Å². The topological polar surface area (TPSA) is 109 Å². The summed E-state index contributed by atoms with van der Waals surface area (Å²) in [6.45, 7) is 5.50. The first kappa shape index (κ1) is 14.9. The van der Waals surface area contributed by atoms with Crippen LogP contribution in [0, 0.1) is 13.8 Å². The number of nitrogens with one attached hydrogen (secondary N) is 1. The molecule has 0 aliphatic carbocycles. The van der Waals surface area contributed by atoms with E-state index >= 15 is 0 Å². The lowest BCUT2D eigenvalue weighted by Gasteiger charge is -2.11. The Kier molecular flexibility index (Phi) is 4.15. The molecular formula is C13H17N5O3. The highest BCUT2D eigenvalue weighted by atomic mass is 16.4. The van der Waals surface area contributed by atoms with Crippen LogP contribution in [-0.2, 0) is 4.79 Å². The molecule has 0 spiro atoms. The van der Waals surface area contributed by atoms with Crippen LogP contribution in [0.4, 0.5) is 0 Å². The SMILES string of the molecule is CCCC(NC(=O)c1nc2nc(C)cc(C)n2n1)C(=O)O. The summed E-state index contributed by atoms with van der Waals surface area (Å²) < 4.78 is 1.46. The van der Waals surface area contributed by atoms with Crippen LogP contribution in [-0.4, -0.2) is 42.6 Å². The van der Waals surface area contributed by atoms with Gasteiger partial charge < -0.3 is 10.4 Å². The Hall–Kier alpha value is -2.51. The fourth-order valence-electron chi connectivity index (χ4n) is 2.03. The number of carbonyl (C=O) groups is 2. The van der Waals surface area contributed by atoms with E-state index in [2.05, 4.69) is 20.4 Å². The largest absolute Gasteiger partial charge is 0.480 e. The summed E-state index contributed by atoms with van der Waals surface area (Å²) in [4.78, 5) is 31.3. The van der Waals surface area contributed by atoms with Crippen molar-refractivity contribution in [3.63, 3.8) is 0 Å². The molecule has 2 aromatic heterocycles. The van der Waals surface area contributed by atoms with Gasteiger partial charge in [-0.25, -0.2) is 14.3 Å². The Morgan fingerprint density at radius 1 is 1.38 bits per heavy atom. The number of aromatic nitrogens is 4. The number of nitrogens with zero attached hydrogens (tertiary/aromatic N) is 4. The lowest BCUT2D eigenvalue weighted by atomic mass is 10.1. The van der Waals surface area contributed by atoms with Gasteiger partial charge >= 0.3 is 5.97 Å². The predicted octanol–water partition coefficient (Wildman–Crippen LogP) is 0.724. The van der Waals surface area contributed by atoms with Crippen LogP contribution in [0.15, 0.2) is 6.07 Å². The number of aliphatic carboxylic acids is 1. The van der Waals surface area contributed by atoms with Gasteiger partial charge in [-0.3, -0.25) is 4.79 Å². The number of hydrogen-bond donors (Lipinski definition) is 2. The lowest BCUT2D eigenvalue weighted by molar-refractivity contribution is -0.139. The van der Waals surface area contributed by atoms with Gasteiger partial charge in [0.15, 0.2) is 0 Å². The minimum atomic E-state index is -1.07. The highest BCUT2D eigenvalue weighted by molar-refractivity contribution is 5.93. The summed E-state index contributed by atoms with van der Waals surface area (Å²) >= 11 is 0. The van der Waals surface area contributed by atoms with Crippen molar-refractivity contribution in [2.75, 3.05) is 0 Å². The molecule has 1 unspecified atom stereocenters. The molecule has 8 nitrogen and oxygen atoms in total. The Labute approximate surface area is 121 Å². The number of hydrogen-bond acceptors (Lipinski definition) is 5. The van der Waals surface area contributed by atoms with E-state index in [0.29, 0.717) is 18.6 Å². The zero-order chi connectivity index (χ0) is 15.6. The summed E-state index contributed by atoms with van der Waals surface area (Å²) in [5.41, 5.74) is 1.57. The Bertz CT molecular complexity index is 694. The van der Waals surface area contributed by atoms with Crippen molar-refractivity contribution >= 4 is 17.7 Å². The second-order valence-corrected chi connectivity index (χ2v) is 4.84. The van der Waals surface area contributed by atoms with Gasteiger partial charge in [-0.05, 0) is 26.3 Å². The maximum absolute atomic E-state index is 12.1. The van der Waals surface area contributed by atoms with Gasteiger partial charge in [0.05, 0.1) is 0 Å². The molecule has 21 heavy (non-hydrogen) atoms. The van der Waals surface area contributed by atoms with Crippen LogP contribution in [0.25, 0.3) is 5.78 Å². The lowest BCUT2D eigenvalue weighted by Crippen LogP contribution is -2.41. The number of rotatable bonds is 5. The molecule has 0 bridgehead atoms. The number of carboxylic acids is 1.